The van der Waals surface area contributed by atoms with Crippen LogP contribution in [0.1, 0.15) is 27.3 Å². The van der Waals surface area contributed by atoms with Crippen molar-refractivity contribution in [3.8, 4) is 0 Å². The Morgan fingerprint density at radius 1 is 1.33 bits per heavy atom. The van der Waals surface area contributed by atoms with Gasteiger partial charge in [0.05, 0.1) is 0 Å². The van der Waals surface area contributed by atoms with Crippen molar-refractivity contribution >= 4 is 33.4 Å². The lowest BCUT2D eigenvalue weighted by molar-refractivity contribution is 0.0787. The molecule has 126 valence electrons. The standard InChI is InChI=1S/C17H18BrN3O3/c18-15-5-4-14(24-15)16(22)20-13-3-1-2-12(8-13)17(23)21-7-6-11(9-19)10-21/h1-5,8,11H,6-7,9-10,19H2,(H,20,22). The molecule has 1 aromatic heterocycles. The van der Waals surface area contributed by atoms with Crippen LogP contribution in [0, 0.1) is 5.92 Å². The molecular formula is C17H18BrN3O3. The van der Waals surface area contributed by atoms with E-state index in [-0.39, 0.29) is 17.6 Å². The first-order chi connectivity index (χ1) is 11.6. The van der Waals surface area contributed by atoms with Crippen LogP contribution in [-0.2, 0) is 0 Å². The van der Waals surface area contributed by atoms with Gasteiger partial charge in [0.1, 0.15) is 0 Å². The summed E-state index contributed by atoms with van der Waals surface area (Å²) in [5.74, 6) is 0.163. The van der Waals surface area contributed by atoms with Gasteiger partial charge in [0, 0.05) is 24.3 Å². The minimum Gasteiger partial charge on any atom is -0.444 e. The predicted octanol–water partition coefficient (Wildman–Crippen LogP) is 2.72. The zero-order valence-electron chi connectivity index (χ0n) is 13.0. The van der Waals surface area contributed by atoms with E-state index >= 15 is 0 Å². The summed E-state index contributed by atoms with van der Waals surface area (Å²) in [6.45, 7) is 2.00. The molecule has 1 aliphatic rings. The van der Waals surface area contributed by atoms with Crippen LogP contribution in [0.15, 0.2) is 45.5 Å². The van der Waals surface area contributed by atoms with Gasteiger partial charge in [-0.15, -0.1) is 0 Å². The summed E-state index contributed by atoms with van der Waals surface area (Å²) in [6, 6.07) is 10.1. The van der Waals surface area contributed by atoms with Gasteiger partial charge in [-0.1, -0.05) is 6.07 Å². The van der Waals surface area contributed by atoms with E-state index in [1.807, 2.05) is 4.90 Å². The summed E-state index contributed by atoms with van der Waals surface area (Å²) in [5, 5.41) is 2.73. The van der Waals surface area contributed by atoms with Crippen LogP contribution in [-0.4, -0.2) is 36.3 Å². The molecule has 1 fully saturated rings. The number of nitrogens with zero attached hydrogens (tertiary/aromatic N) is 1. The van der Waals surface area contributed by atoms with Gasteiger partial charge in [0.25, 0.3) is 11.8 Å². The third-order valence-electron chi connectivity index (χ3n) is 4.07. The van der Waals surface area contributed by atoms with Crippen molar-refractivity contribution in [2.75, 3.05) is 25.0 Å². The molecular weight excluding hydrogens is 374 g/mol. The molecule has 2 amide bonds. The lowest BCUT2D eigenvalue weighted by Gasteiger charge is -2.16. The zero-order valence-corrected chi connectivity index (χ0v) is 14.6. The number of hydrogen-bond donors (Lipinski definition) is 2. The van der Waals surface area contributed by atoms with Crippen LogP contribution in [0.25, 0.3) is 0 Å². The number of carbonyl (C=O) groups is 2. The van der Waals surface area contributed by atoms with E-state index in [9.17, 15) is 9.59 Å². The van der Waals surface area contributed by atoms with Gasteiger partial charge in [-0.05, 0) is 65.1 Å². The van der Waals surface area contributed by atoms with Gasteiger partial charge < -0.3 is 20.4 Å². The summed E-state index contributed by atoms with van der Waals surface area (Å²) < 4.78 is 5.70. The van der Waals surface area contributed by atoms with Crippen molar-refractivity contribution in [1.82, 2.24) is 4.90 Å². The summed E-state index contributed by atoms with van der Waals surface area (Å²) in [4.78, 5) is 26.5. The Morgan fingerprint density at radius 2 is 2.17 bits per heavy atom. The minimum absolute atomic E-state index is 0.0391. The second kappa shape index (κ2) is 7.19. The van der Waals surface area contributed by atoms with E-state index < -0.39 is 0 Å². The number of nitrogens with one attached hydrogen (secondary N) is 1. The lowest BCUT2D eigenvalue weighted by atomic mass is 10.1. The zero-order chi connectivity index (χ0) is 17.1. The Morgan fingerprint density at radius 3 is 2.83 bits per heavy atom. The molecule has 1 saturated heterocycles. The fraction of sp³-hybridized carbons (Fsp3) is 0.294. The molecule has 6 nitrogen and oxygen atoms in total. The highest BCUT2D eigenvalue weighted by Crippen LogP contribution is 2.20. The molecule has 3 rings (SSSR count). The molecule has 1 unspecified atom stereocenters. The largest absolute Gasteiger partial charge is 0.444 e. The minimum atomic E-state index is -0.366. The topological polar surface area (TPSA) is 88.6 Å². The molecule has 3 N–H and O–H groups in total. The maximum Gasteiger partial charge on any atom is 0.291 e. The normalized spacial score (nSPS) is 17.1. The number of furan rings is 1. The summed E-state index contributed by atoms with van der Waals surface area (Å²) in [5.41, 5.74) is 6.77. The van der Waals surface area contributed by atoms with E-state index in [1.54, 1.807) is 36.4 Å². The molecule has 0 aliphatic carbocycles. The van der Waals surface area contributed by atoms with Crippen LogP contribution >= 0.6 is 15.9 Å². The number of anilines is 1. The SMILES string of the molecule is NCC1CCN(C(=O)c2cccc(NC(=O)c3ccc(Br)o3)c2)C1. The van der Waals surface area contributed by atoms with Crippen LogP contribution in [0.5, 0.6) is 0 Å². The fourth-order valence-corrected chi connectivity index (χ4v) is 3.06. The molecule has 1 aromatic carbocycles. The van der Waals surface area contributed by atoms with Crippen LogP contribution in [0.4, 0.5) is 5.69 Å². The molecule has 0 spiro atoms. The summed E-state index contributed by atoms with van der Waals surface area (Å²) >= 11 is 3.16. The van der Waals surface area contributed by atoms with E-state index in [1.165, 1.54) is 0 Å². The average Bonchev–Trinajstić information content (AvgIpc) is 3.23. The highest BCUT2D eigenvalue weighted by molar-refractivity contribution is 9.10. The van der Waals surface area contributed by atoms with Gasteiger partial charge >= 0.3 is 0 Å². The molecule has 2 aromatic rings. The number of halogens is 1. The second-order valence-corrected chi connectivity index (χ2v) is 6.56. The lowest BCUT2D eigenvalue weighted by Crippen LogP contribution is -2.29. The fourth-order valence-electron chi connectivity index (χ4n) is 2.75. The number of amides is 2. The Hall–Kier alpha value is -2.12. The van der Waals surface area contributed by atoms with Gasteiger partial charge in [-0.2, -0.15) is 0 Å². The molecule has 7 heteroatoms. The highest BCUT2D eigenvalue weighted by atomic mass is 79.9. The molecule has 1 aliphatic heterocycles. The van der Waals surface area contributed by atoms with Gasteiger partial charge in [-0.25, -0.2) is 0 Å². The average molecular weight is 392 g/mol. The number of nitrogens with two attached hydrogens (primary N) is 1. The van der Waals surface area contributed by atoms with Crippen LogP contribution in [0.2, 0.25) is 0 Å². The van der Waals surface area contributed by atoms with Gasteiger partial charge in [0.15, 0.2) is 10.4 Å². The number of carbonyl (C=O) groups excluding carboxylic acids is 2. The Bertz CT molecular complexity index is 759. The summed E-state index contributed by atoms with van der Waals surface area (Å²) in [7, 11) is 0. The number of rotatable bonds is 4. The monoisotopic (exact) mass is 391 g/mol. The quantitative estimate of drug-likeness (QED) is 0.838. The first kappa shape index (κ1) is 16.7. The van der Waals surface area contributed by atoms with Crippen molar-refractivity contribution in [2.24, 2.45) is 11.7 Å². The first-order valence-corrected chi connectivity index (χ1v) is 8.52. The third kappa shape index (κ3) is 3.68. The molecule has 2 heterocycles. The third-order valence-corrected chi connectivity index (χ3v) is 4.50. The van der Waals surface area contributed by atoms with Gasteiger partial charge in [0.2, 0.25) is 0 Å². The summed E-state index contributed by atoms with van der Waals surface area (Å²) in [6.07, 6.45) is 0.937. The van der Waals surface area contributed by atoms with Crippen LogP contribution < -0.4 is 11.1 Å². The molecule has 0 radical (unpaired) electrons. The predicted molar refractivity (Wildman–Crippen MR) is 93.9 cm³/mol. The van der Waals surface area contributed by atoms with E-state index in [0.717, 1.165) is 13.0 Å². The van der Waals surface area contributed by atoms with Gasteiger partial charge in [-0.3, -0.25) is 9.59 Å². The first-order valence-electron chi connectivity index (χ1n) is 7.73. The van der Waals surface area contributed by atoms with Crippen molar-refractivity contribution in [3.05, 3.63) is 52.4 Å². The Labute approximate surface area is 148 Å². The van der Waals surface area contributed by atoms with Crippen molar-refractivity contribution < 1.29 is 14.0 Å². The van der Waals surface area contributed by atoms with E-state index in [0.29, 0.717) is 34.9 Å². The Kier molecular flexibility index (Phi) is 5.01. The Balaban J connectivity index is 1.70. The van der Waals surface area contributed by atoms with Crippen molar-refractivity contribution in [1.29, 1.82) is 0 Å². The number of benzene rings is 1. The van der Waals surface area contributed by atoms with E-state index in [4.69, 9.17) is 10.2 Å². The second-order valence-electron chi connectivity index (χ2n) is 5.78. The smallest absolute Gasteiger partial charge is 0.291 e. The maximum atomic E-state index is 12.6. The molecule has 0 saturated carbocycles. The highest BCUT2D eigenvalue weighted by Gasteiger charge is 2.26. The number of likely N-dealkylation sites (tertiary alicyclic amines) is 1. The maximum absolute atomic E-state index is 12.6. The van der Waals surface area contributed by atoms with Crippen molar-refractivity contribution in [3.63, 3.8) is 0 Å². The molecule has 24 heavy (non-hydrogen) atoms. The molecule has 1 atom stereocenters. The van der Waals surface area contributed by atoms with E-state index in [2.05, 4.69) is 21.2 Å². The number of hydrogen-bond acceptors (Lipinski definition) is 4. The van der Waals surface area contributed by atoms with Crippen LogP contribution in [0.3, 0.4) is 0 Å². The molecule has 0 bridgehead atoms. The van der Waals surface area contributed by atoms with Crippen molar-refractivity contribution in [2.45, 2.75) is 6.42 Å².